The molecule has 0 unspecified atom stereocenters. The third-order valence-electron chi connectivity index (χ3n) is 2.02. The lowest BCUT2D eigenvalue weighted by atomic mass is 10.5. The quantitative estimate of drug-likeness (QED) is 0.855. The Labute approximate surface area is 109 Å². The Bertz CT molecular complexity index is 413. The van der Waals surface area contributed by atoms with E-state index in [-0.39, 0.29) is 17.9 Å². The van der Waals surface area contributed by atoms with Crippen molar-refractivity contribution in [2.45, 2.75) is 19.5 Å². The Kier molecular flexibility index (Phi) is 5.13. The Morgan fingerprint density at radius 3 is 2.47 bits per heavy atom. The normalized spacial score (nSPS) is 11.3. The Morgan fingerprint density at radius 2 is 1.95 bits per heavy atom. The molecule has 0 saturated carbocycles. The summed E-state index contributed by atoms with van der Waals surface area (Å²) in [5.41, 5.74) is 0. The van der Waals surface area contributed by atoms with E-state index in [2.05, 4.69) is 20.3 Å². The molecule has 1 N–H and O–H groups in total. The smallest absolute Gasteiger partial charge is 0.406 e. The number of hydrogen-bond donors (Lipinski definition) is 1. The molecular formula is C10H16F3N5O. The molecule has 0 amide bonds. The first-order valence-electron chi connectivity index (χ1n) is 5.70. The van der Waals surface area contributed by atoms with Gasteiger partial charge in [0.25, 0.3) is 0 Å². The number of aromatic nitrogens is 3. The fraction of sp³-hybridized carbons (Fsp3) is 0.700. The number of anilines is 2. The maximum Gasteiger partial charge on any atom is 0.406 e. The average Bonchev–Trinajstić information content (AvgIpc) is 2.33. The summed E-state index contributed by atoms with van der Waals surface area (Å²) in [7, 11) is 2.82. The maximum absolute atomic E-state index is 12.3. The van der Waals surface area contributed by atoms with Gasteiger partial charge in [-0.15, -0.1) is 0 Å². The summed E-state index contributed by atoms with van der Waals surface area (Å²) in [6.07, 6.45) is -3.58. The van der Waals surface area contributed by atoms with Gasteiger partial charge in [0.1, 0.15) is 6.54 Å². The molecule has 0 radical (unpaired) electrons. The van der Waals surface area contributed by atoms with Crippen molar-refractivity contribution in [2.24, 2.45) is 0 Å². The van der Waals surface area contributed by atoms with E-state index < -0.39 is 12.7 Å². The zero-order valence-electron chi connectivity index (χ0n) is 11.0. The van der Waals surface area contributed by atoms with Crippen molar-refractivity contribution in [3.05, 3.63) is 0 Å². The number of alkyl halides is 3. The van der Waals surface area contributed by atoms with Crippen LogP contribution in [0.15, 0.2) is 0 Å². The van der Waals surface area contributed by atoms with Crippen molar-refractivity contribution in [1.82, 2.24) is 15.0 Å². The van der Waals surface area contributed by atoms with Crippen molar-refractivity contribution in [2.75, 3.05) is 37.5 Å². The SMILES string of the molecule is CCCOc1nc(NC)nc(N(C)CC(F)(F)F)n1. The molecule has 0 atom stereocenters. The number of nitrogens with one attached hydrogen (secondary N) is 1. The van der Waals surface area contributed by atoms with Crippen LogP contribution >= 0.6 is 0 Å². The molecule has 0 aliphatic carbocycles. The molecule has 0 fully saturated rings. The fourth-order valence-electron chi connectivity index (χ4n) is 1.23. The Morgan fingerprint density at radius 1 is 1.26 bits per heavy atom. The molecule has 1 heterocycles. The average molecular weight is 279 g/mol. The van der Waals surface area contributed by atoms with Crippen molar-refractivity contribution in [3.8, 4) is 6.01 Å². The lowest BCUT2D eigenvalue weighted by molar-refractivity contribution is -0.119. The molecule has 1 aromatic heterocycles. The van der Waals surface area contributed by atoms with Gasteiger partial charge in [-0.3, -0.25) is 0 Å². The molecule has 1 aromatic rings. The van der Waals surface area contributed by atoms with Crippen LogP contribution in [0, 0.1) is 0 Å². The molecule has 0 saturated heterocycles. The van der Waals surface area contributed by atoms with E-state index in [1.54, 1.807) is 7.05 Å². The highest BCUT2D eigenvalue weighted by molar-refractivity contribution is 5.37. The van der Waals surface area contributed by atoms with Crippen LogP contribution in [0.4, 0.5) is 25.1 Å². The zero-order chi connectivity index (χ0) is 14.5. The van der Waals surface area contributed by atoms with Gasteiger partial charge in [0.05, 0.1) is 6.61 Å². The molecule has 0 bridgehead atoms. The predicted molar refractivity (Wildman–Crippen MR) is 64.5 cm³/mol. The van der Waals surface area contributed by atoms with E-state index in [1.807, 2.05) is 6.92 Å². The summed E-state index contributed by atoms with van der Waals surface area (Å²) in [6.45, 7) is 1.14. The van der Waals surface area contributed by atoms with Gasteiger partial charge in [0.2, 0.25) is 11.9 Å². The summed E-state index contributed by atoms with van der Waals surface area (Å²) in [4.78, 5) is 12.5. The third-order valence-corrected chi connectivity index (χ3v) is 2.02. The minimum Gasteiger partial charge on any atom is -0.463 e. The summed E-state index contributed by atoms with van der Waals surface area (Å²) < 4.78 is 42.2. The number of nitrogens with zero attached hydrogens (tertiary/aromatic N) is 4. The van der Waals surface area contributed by atoms with Gasteiger partial charge in [-0.1, -0.05) is 6.92 Å². The minimum absolute atomic E-state index is 0.00484. The second-order valence-corrected chi connectivity index (χ2v) is 3.81. The van der Waals surface area contributed by atoms with Crippen molar-refractivity contribution in [1.29, 1.82) is 0 Å². The lowest BCUT2D eigenvalue weighted by Crippen LogP contribution is -2.32. The standard InChI is InChI=1S/C10H16F3N5O/c1-4-5-19-9-16-7(14-2)15-8(17-9)18(3)6-10(11,12)13/h4-6H2,1-3H3,(H,14,15,16,17). The van der Waals surface area contributed by atoms with Gasteiger partial charge in [0.15, 0.2) is 0 Å². The van der Waals surface area contributed by atoms with Gasteiger partial charge in [-0.25, -0.2) is 0 Å². The van der Waals surface area contributed by atoms with Gasteiger partial charge < -0.3 is 15.0 Å². The van der Waals surface area contributed by atoms with E-state index in [1.165, 1.54) is 7.05 Å². The molecule has 6 nitrogen and oxygen atoms in total. The van der Waals surface area contributed by atoms with Crippen molar-refractivity contribution < 1.29 is 17.9 Å². The highest BCUT2D eigenvalue weighted by Crippen LogP contribution is 2.20. The van der Waals surface area contributed by atoms with Crippen molar-refractivity contribution in [3.63, 3.8) is 0 Å². The number of rotatable bonds is 6. The van der Waals surface area contributed by atoms with Crippen LogP contribution in [0.1, 0.15) is 13.3 Å². The highest BCUT2D eigenvalue weighted by atomic mass is 19.4. The summed E-state index contributed by atoms with van der Waals surface area (Å²) in [6, 6.07) is 0.00484. The minimum atomic E-state index is -4.33. The predicted octanol–water partition coefficient (Wildman–Crippen LogP) is 1.70. The molecule has 9 heteroatoms. The topological polar surface area (TPSA) is 63.2 Å². The molecule has 0 aromatic carbocycles. The number of ether oxygens (including phenoxy) is 1. The molecule has 0 spiro atoms. The van der Waals surface area contributed by atoms with Crippen LogP contribution < -0.4 is 15.0 Å². The van der Waals surface area contributed by atoms with E-state index in [4.69, 9.17) is 4.74 Å². The molecule has 0 aliphatic rings. The first-order chi connectivity index (χ1) is 8.85. The van der Waals surface area contributed by atoms with Gasteiger partial charge in [0, 0.05) is 14.1 Å². The summed E-state index contributed by atoms with van der Waals surface area (Å²) in [5, 5.41) is 2.65. The van der Waals surface area contributed by atoms with Crippen LogP contribution in [0.25, 0.3) is 0 Å². The second kappa shape index (κ2) is 6.39. The van der Waals surface area contributed by atoms with E-state index in [0.717, 1.165) is 11.3 Å². The molecule has 108 valence electrons. The van der Waals surface area contributed by atoms with E-state index >= 15 is 0 Å². The van der Waals surface area contributed by atoms with Crippen LogP contribution in [-0.2, 0) is 0 Å². The highest BCUT2D eigenvalue weighted by Gasteiger charge is 2.30. The van der Waals surface area contributed by atoms with Gasteiger partial charge >= 0.3 is 12.2 Å². The van der Waals surface area contributed by atoms with Crippen LogP contribution in [-0.4, -0.2) is 48.4 Å². The number of hydrogen-bond acceptors (Lipinski definition) is 6. The lowest BCUT2D eigenvalue weighted by Gasteiger charge is -2.19. The Hall–Kier alpha value is -1.80. The fourth-order valence-corrected chi connectivity index (χ4v) is 1.23. The molecular weight excluding hydrogens is 263 g/mol. The Balaban J connectivity index is 2.92. The zero-order valence-corrected chi connectivity index (χ0v) is 11.0. The second-order valence-electron chi connectivity index (χ2n) is 3.81. The first-order valence-corrected chi connectivity index (χ1v) is 5.70. The van der Waals surface area contributed by atoms with E-state index in [0.29, 0.717) is 6.61 Å². The maximum atomic E-state index is 12.3. The summed E-state index contributed by atoms with van der Waals surface area (Å²) >= 11 is 0. The largest absolute Gasteiger partial charge is 0.463 e. The van der Waals surface area contributed by atoms with Crippen LogP contribution in [0.2, 0.25) is 0 Å². The molecule has 1 rings (SSSR count). The van der Waals surface area contributed by atoms with Crippen LogP contribution in [0.3, 0.4) is 0 Å². The van der Waals surface area contributed by atoms with Crippen molar-refractivity contribution >= 4 is 11.9 Å². The monoisotopic (exact) mass is 279 g/mol. The third kappa shape index (κ3) is 5.14. The molecule has 0 aliphatic heterocycles. The first kappa shape index (κ1) is 15.3. The summed E-state index contributed by atoms with van der Waals surface area (Å²) in [5.74, 6) is 0.0629. The van der Waals surface area contributed by atoms with Crippen LogP contribution in [0.5, 0.6) is 6.01 Å². The number of halogens is 3. The molecule has 19 heavy (non-hydrogen) atoms. The van der Waals surface area contributed by atoms with Gasteiger partial charge in [-0.2, -0.15) is 28.1 Å². The van der Waals surface area contributed by atoms with Gasteiger partial charge in [-0.05, 0) is 6.42 Å². The van der Waals surface area contributed by atoms with E-state index in [9.17, 15) is 13.2 Å².